The van der Waals surface area contributed by atoms with Crippen LogP contribution < -0.4 is 5.73 Å². The van der Waals surface area contributed by atoms with Crippen LogP contribution in [0.15, 0.2) is 24.3 Å². The Kier molecular flexibility index (Phi) is 4.31. The molecule has 0 unspecified atom stereocenters. The lowest BCUT2D eigenvalue weighted by atomic mass is 10.1. The summed E-state index contributed by atoms with van der Waals surface area (Å²) in [6, 6.07) is 8.13. The third kappa shape index (κ3) is 3.07. The SMILES string of the molecule is CCc1nn(C)c(C(=O)N(C)Cc2cccc(C)c2)c1N. The van der Waals surface area contributed by atoms with Crippen LogP contribution in [0.4, 0.5) is 5.69 Å². The van der Waals surface area contributed by atoms with Crippen LogP contribution in [0.1, 0.15) is 34.2 Å². The van der Waals surface area contributed by atoms with Gasteiger partial charge in [-0.15, -0.1) is 0 Å². The second kappa shape index (κ2) is 5.99. The first-order valence-corrected chi connectivity index (χ1v) is 7.06. The number of nitrogen functional groups attached to an aromatic ring is 1. The lowest BCUT2D eigenvalue weighted by Gasteiger charge is -2.18. The summed E-state index contributed by atoms with van der Waals surface area (Å²) >= 11 is 0. The van der Waals surface area contributed by atoms with Crippen molar-refractivity contribution in [1.82, 2.24) is 14.7 Å². The molecule has 0 atom stereocenters. The molecule has 2 rings (SSSR count). The molecule has 112 valence electrons. The van der Waals surface area contributed by atoms with E-state index in [9.17, 15) is 4.79 Å². The van der Waals surface area contributed by atoms with Gasteiger partial charge in [-0.3, -0.25) is 9.48 Å². The van der Waals surface area contributed by atoms with Gasteiger partial charge in [-0.1, -0.05) is 36.8 Å². The largest absolute Gasteiger partial charge is 0.395 e. The molecule has 1 amide bonds. The monoisotopic (exact) mass is 286 g/mol. The predicted molar refractivity (Wildman–Crippen MR) is 84.0 cm³/mol. The first-order valence-electron chi connectivity index (χ1n) is 7.06. The molecular formula is C16H22N4O. The molecule has 1 aromatic heterocycles. The number of rotatable bonds is 4. The van der Waals surface area contributed by atoms with E-state index in [-0.39, 0.29) is 5.91 Å². The van der Waals surface area contributed by atoms with Crippen LogP contribution >= 0.6 is 0 Å². The Labute approximate surface area is 125 Å². The quantitative estimate of drug-likeness (QED) is 0.936. The Bertz CT molecular complexity index is 660. The summed E-state index contributed by atoms with van der Waals surface area (Å²) < 4.78 is 1.57. The van der Waals surface area contributed by atoms with E-state index >= 15 is 0 Å². The first kappa shape index (κ1) is 15.1. The molecule has 2 aromatic rings. The van der Waals surface area contributed by atoms with Gasteiger partial charge in [0.2, 0.25) is 0 Å². The van der Waals surface area contributed by atoms with Gasteiger partial charge in [-0.2, -0.15) is 5.10 Å². The highest BCUT2D eigenvalue weighted by atomic mass is 16.2. The fourth-order valence-electron chi connectivity index (χ4n) is 2.45. The average Bonchev–Trinajstić information content (AvgIpc) is 2.72. The first-order chi connectivity index (χ1) is 9.93. The summed E-state index contributed by atoms with van der Waals surface area (Å²) in [5.41, 5.74) is 10.0. The third-order valence-electron chi connectivity index (χ3n) is 3.55. The van der Waals surface area contributed by atoms with Crippen LogP contribution in [-0.2, 0) is 20.0 Å². The average molecular weight is 286 g/mol. The zero-order chi connectivity index (χ0) is 15.6. The van der Waals surface area contributed by atoms with Crippen LogP contribution in [0.5, 0.6) is 0 Å². The predicted octanol–water partition coefficient (Wildman–Crippen LogP) is 2.15. The molecule has 5 heteroatoms. The maximum Gasteiger partial charge on any atom is 0.274 e. The minimum atomic E-state index is -0.108. The fraction of sp³-hybridized carbons (Fsp3) is 0.375. The minimum Gasteiger partial charge on any atom is -0.395 e. The van der Waals surface area contributed by atoms with Gasteiger partial charge in [-0.05, 0) is 18.9 Å². The maximum absolute atomic E-state index is 12.6. The molecule has 0 saturated carbocycles. The molecule has 0 aliphatic rings. The summed E-state index contributed by atoms with van der Waals surface area (Å²) in [7, 11) is 3.53. The molecule has 5 nitrogen and oxygen atoms in total. The minimum absolute atomic E-state index is 0.108. The van der Waals surface area contributed by atoms with Crippen LogP contribution in [0.25, 0.3) is 0 Å². The van der Waals surface area contributed by atoms with E-state index in [0.717, 1.165) is 11.3 Å². The molecule has 0 fully saturated rings. The fourth-order valence-corrected chi connectivity index (χ4v) is 2.45. The second-order valence-corrected chi connectivity index (χ2v) is 5.34. The Balaban J connectivity index is 2.22. The van der Waals surface area contributed by atoms with E-state index in [1.807, 2.05) is 32.0 Å². The van der Waals surface area contributed by atoms with Gasteiger partial charge in [0.15, 0.2) is 0 Å². The number of nitrogens with two attached hydrogens (primary N) is 1. The highest BCUT2D eigenvalue weighted by Gasteiger charge is 2.22. The van der Waals surface area contributed by atoms with Crippen molar-refractivity contribution >= 4 is 11.6 Å². The van der Waals surface area contributed by atoms with Gasteiger partial charge in [-0.25, -0.2) is 0 Å². The van der Waals surface area contributed by atoms with Gasteiger partial charge in [0.25, 0.3) is 5.91 Å². The van der Waals surface area contributed by atoms with Gasteiger partial charge < -0.3 is 10.6 Å². The van der Waals surface area contributed by atoms with Crippen molar-refractivity contribution < 1.29 is 4.79 Å². The van der Waals surface area contributed by atoms with Gasteiger partial charge in [0.1, 0.15) is 5.69 Å². The van der Waals surface area contributed by atoms with E-state index in [1.54, 1.807) is 23.7 Å². The molecule has 21 heavy (non-hydrogen) atoms. The molecule has 0 aliphatic carbocycles. The van der Waals surface area contributed by atoms with Gasteiger partial charge in [0, 0.05) is 20.6 Å². The number of carbonyl (C=O) groups is 1. The van der Waals surface area contributed by atoms with Crippen LogP contribution in [0.3, 0.4) is 0 Å². The molecule has 0 saturated heterocycles. The zero-order valence-electron chi connectivity index (χ0n) is 13.1. The normalized spacial score (nSPS) is 10.7. The molecule has 0 radical (unpaired) electrons. The van der Waals surface area contributed by atoms with E-state index in [4.69, 9.17) is 5.73 Å². The summed E-state index contributed by atoms with van der Waals surface area (Å²) in [6.45, 7) is 4.56. The standard InChI is InChI=1S/C16H22N4O/c1-5-13-14(17)15(20(4)18-13)16(21)19(3)10-12-8-6-7-11(2)9-12/h6-9H,5,10,17H2,1-4H3. The summed E-state index contributed by atoms with van der Waals surface area (Å²) in [6.07, 6.45) is 0.717. The zero-order valence-corrected chi connectivity index (χ0v) is 13.1. The summed E-state index contributed by atoms with van der Waals surface area (Å²) in [4.78, 5) is 14.3. The van der Waals surface area contributed by atoms with Gasteiger partial charge in [0.05, 0.1) is 11.4 Å². The number of hydrogen-bond acceptors (Lipinski definition) is 3. The Morgan fingerprint density at radius 1 is 1.43 bits per heavy atom. The number of benzene rings is 1. The van der Waals surface area contributed by atoms with Crippen molar-refractivity contribution in [2.75, 3.05) is 12.8 Å². The van der Waals surface area contributed by atoms with Crippen LogP contribution in [0, 0.1) is 6.92 Å². The van der Waals surface area contributed by atoms with E-state index in [2.05, 4.69) is 11.2 Å². The molecule has 0 spiro atoms. The number of nitrogens with zero attached hydrogens (tertiary/aromatic N) is 3. The van der Waals surface area contributed by atoms with Crippen molar-refractivity contribution in [2.45, 2.75) is 26.8 Å². The number of aromatic nitrogens is 2. The summed E-state index contributed by atoms with van der Waals surface area (Å²) in [5.74, 6) is -0.108. The van der Waals surface area contributed by atoms with E-state index < -0.39 is 0 Å². The smallest absolute Gasteiger partial charge is 0.274 e. The highest BCUT2D eigenvalue weighted by molar-refractivity contribution is 5.97. The summed E-state index contributed by atoms with van der Waals surface area (Å²) in [5, 5.41) is 4.30. The van der Waals surface area contributed by atoms with Crippen LogP contribution in [0.2, 0.25) is 0 Å². The Hall–Kier alpha value is -2.30. The number of anilines is 1. The third-order valence-corrected chi connectivity index (χ3v) is 3.55. The lowest BCUT2D eigenvalue weighted by molar-refractivity contribution is 0.0775. The Morgan fingerprint density at radius 2 is 2.14 bits per heavy atom. The number of aryl methyl sites for hydroxylation is 3. The molecular weight excluding hydrogens is 264 g/mol. The van der Waals surface area contributed by atoms with E-state index in [1.165, 1.54) is 5.56 Å². The lowest BCUT2D eigenvalue weighted by Crippen LogP contribution is -2.28. The molecule has 0 aliphatic heterocycles. The number of amides is 1. The number of hydrogen-bond donors (Lipinski definition) is 1. The molecule has 0 bridgehead atoms. The van der Waals surface area contributed by atoms with Crippen molar-refractivity contribution in [3.05, 3.63) is 46.8 Å². The van der Waals surface area contributed by atoms with Crippen molar-refractivity contribution in [2.24, 2.45) is 7.05 Å². The second-order valence-electron chi connectivity index (χ2n) is 5.34. The molecule has 1 aromatic carbocycles. The molecule has 1 heterocycles. The van der Waals surface area contributed by atoms with Gasteiger partial charge >= 0.3 is 0 Å². The number of carbonyl (C=O) groups excluding carboxylic acids is 1. The van der Waals surface area contributed by atoms with E-state index in [0.29, 0.717) is 24.3 Å². The topological polar surface area (TPSA) is 64.2 Å². The maximum atomic E-state index is 12.6. The Morgan fingerprint density at radius 3 is 2.71 bits per heavy atom. The van der Waals surface area contributed by atoms with Crippen LogP contribution in [-0.4, -0.2) is 27.6 Å². The highest BCUT2D eigenvalue weighted by Crippen LogP contribution is 2.19. The van der Waals surface area contributed by atoms with Crippen molar-refractivity contribution in [1.29, 1.82) is 0 Å². The molecule has 2 N–H and O–H groups in total. The van der Waals surface area contributed by atoms with Crippen molar-refractivity contribution in [3.63, 3.8) is 0 Å². The van der Waals surface area contributed by atoms with Crippen molar-refractivity contribution in [3.8, 4) is 0 Å².